The zero-order valence-electron chi connectivity index (χ0n) is 12.9. The zero-order valence-corrected chi connectivity index (χ0v) is 12.9. The summed E-state index contributed by atoms with van der Waals surface area (Å²) in [7, 11) is 0. The number of piperidine rings is 1. The Morgan fingerprint density at radius 1 is 1.19 bits per heavy atom. The zero-order chi connectivity index (χ0) is 15.2. The Hall–Kier alpha value is -1.84. The number of nitrogens with one attached hydrogen (secondary N) is 1. The molecule has 4 nitrogen and oxygen atoms in total. The molecule has 0 atom stereocenters. The van der Waals surface area contributed by atoms with Crippen LogP contribution < -0.4 is 5.32 Å². The van der Waals surface area contributed by atoms with Crippen LogP contribution in [0.1, 0.15) is 30.9 Å². The van der Waals surface area contributed by atoms with Crippen molar-refractivity contribution in [2.75, 3.05) is 19.6 Å². The van der Waals surface area contributed by atoms with Gasteiger partial charge in [0.15, 0.2) is 0 Å². The quantitative estimate of drug-likeness (QED) is 0.920. The molecule has 2 amide bonds. The van der Waals surface area contributed by atoms with Crippen molar-refractivity contribution in [1.29, 1.82) is 0 Å². The van der Waals surface area contributed by atoms with Crippen LogP contribution in [0.25, 0.3) is 0 Å². The van der Waals surface area contributed by atoms with Gasteiger partial charge < -0.3 is 10.2 Å². The molecule has 0 bridgehead atoms. The largest absolute Gasteiger partial charge is 0.347 e. The van der Waals surface area contributed by atoms with E-state index in [1.54, 1.807) is 0 Å². The molecule has 1 heterocycles. The van der Waals surface area contributed by atoms with Gasteiger partial charge in [-0.05, 0) is 31.2 Å². The summed E-state index contributed by atoms with van der Waals surface area (Å²) in [5.41, 5.74) is 2.14. The Morgan fingerprint density at radius 2 is 1.81 bits per heavy atom. The van der Waals surface area contributed by atoms with Crippen LogP contribution in [0, 0.1) is 12.8 Å². The van der Waals surface area contributed by atoms with Crippen LogP contribution in [0.15, 0.2) is 24.3 Å². The monoisotopic (exact) mass is 288 g/mol. The standard InChI is InChI=1S/C17H24N2O2/c1-13-3-5-15(6-4-13)11-16(20)18-12-17(21)19-9-7-14(2)8-10-19/h3-6,14H,7-12H2,1-2H3,(H,18,20). The molecule has 0 aromatic heterocycles. The van der Waals surface area contributed by atoms with Gasteiger partial charge in [-0.25, -0.2) is 0 Å². The van der Waals surface area contributed by atoms with E-state index in [2.05, 4.69) is 12.2 Å². The number of carbonyl (C=O) groups is 2. The van der Waals surface area contributed by atoms with Crippen molar-refractivity contribution in [1.82, 2.24) is 10.2 Å². The molecule has 0 radical (unpaired) electrons. The fourth-order valence-electron chi connectivity index (χ4n) is 2.50. The van der Waals surface area contributed by atoms with Gasteiger partial charge in [0.25, 0.3) is 0 Å². The third-order valence-electron chi connectivity index (χ3n) is 4.06. The van der Waals surface area contributed by atoms with E-state index in [4.69, 9.17) is 0 Å². The Kier molecular flexibility index (Phi) is 5.37. The normalized spacial score (nSPS) is 15.8. The predicted molar refractivity (Wildman–Crippen MR) is 82.9 cm³/mol. The second-order valence-corrected chi connectivity index (χ2v) is 6.00. The fourth-order valence-corrected chi connectivity index (χ4v) is 2.50. The van der Waals surface area contributed by atoms with Crippen molar-refractivity contribution in [2.45, 2.75) is 33.1 Å². The number of hydrogen-bond donors (Lipinski definition) is 1. The molecule has 1 N–H and O–H groups in total. The molecule has 1 aliphatic rings. The minimum Gasteiger partial charge on any atom is -0.347 e. The van der Waals surface area contributed by atoms with Crippen molar-refractivity contribution in [2.24, 2.45) is 5.92 Å². The number of carbonyl (C=O) groups excluding carboxylic acids is 2. The SMILES string of the molecule is Cc1ccc(CC(=O)NCC(=O)N2CCC(C)CC2)cc1. The summed E-state index contributed by atoms with van der Waals surface area (Å²) < 4.78 is 0. The third-order valence-corrected chi connectivity index (χ3v) is 4.06. The lowest BCUT2D eigenvalue weighted by Crippen LogP contribution is -2.44. The Labute approximate surface area is 126 Å². The van der Waals surface area contributed by atoms with Crippen LogP contribution in [0.4, 0.5) is 0 Å². The highest BCUT2D eigenvalue weighted by molar-refractivity contribution is 5.85. The van der Waals surface area contributed by atoms with Gasteiger partial charge in [-0.3, -0.25) is 9.59 Å². The third kappa shape index (κ3) is 4.88. The Morgan fingerprint density at radius 3 is 2.43 bits per heavy atom. The molecule has 1 saturated heterocycles. The molecular formula is C17H24N2O2. The maximum absolute atomic E-state index is 12.0. The molecule has 0 aliphatic carbocycles. The lowest BCUT2D eigenvalue weighted by Gasteiger charge is -2.30. The number of likely N-dealkylation sites (tertiary alicyclic amines) is 1. The number of rotatable bonds is 4. The van der Waals surface area contributed by atoms with Crippen LogP contribution >= 0.6 is 0 Å². The van der Waals surface area contributed by atoms with E-state index in [0.29, 0.717) is 12.3 Å². The minimum absolute atomic E-state index is 0.0270. The summed E-state index contributed by atoms with van der Waals surface area (Å²) >= 11 is 0. The van der Waals surface area contributed by atoms with Crippen molar-refractivity contribution < 1.29 is 9.59 Å². The van der Waals surface area contributed by atoms with E-state index in [1.165, 1.54) is 5.56 Å². The summed E-state index contributed by atoms with van der Waals surface area (Å²) in [6.45, 7) is 5.97. The lowest BCUT2D eigenvalue weighted by molar-refractivity contribution is -0.133. The topological polar surface area (TPSA) is 49.4 Å². The molecule has 21 heavy (non-hydrogen) atoms. The average molecular weight is 288 g/mol. The number of benzene rings is 1. The van der Waals surface area contributed by atoms with Crippen LogP contribution in [0.3, 0.4) is 0 Å². The van der Waals surface area contributed by atoms with E-state index in [9.17, 15) is 9.59 Å². The summed E-state index contributed by atoms with van der Waals surface area (Å²) in [5.74, 6) is 0.627. The summed E-state index contributed by atoms with van der Waals surface area (Å²) in [4.78, 5) is 25.7. The molecule has 0 spiro atoms. The predicted octanol–water partition coefficient (Wildman–Crippen LogP) is 1.91. The Bertz CT molecular complexity index is 488. The first-order valence-corrected chi connectivity index (χ1v) is 7.64. The molecule has 0 unspecified atom stereocenters. The average Bonchev–Trinajstić information content (AvgIpc) is 2.48. The fraction of sp³-hybridized carbons (Fsp3) is 0.529. The van der Waals surface area contributed by atoms with E-state index in [-0.39, 0.29) is 18.4 Å². The van der Waals surface area contributed by atoms with Gasteiger partial charge >= 0.3 is 0 Å². The highest BCUT2D eigenvalue weighted by atomic mass is 16.2. The van der Waals surface area contributed by atoms with Crippen molar-refractivity contribution in [3.63, 3.8) is 0 Å². The van der Waals surface area contributed by atoms with Crippen molar-refractivity contribution in [3.05, 3.63) is 35.4 Å². The second kappa shape index (κ2) is 7.25. The molecule has 4 heteroatoms. The smallest absolute Gasteiger partial charge is 0.241 e. The van der Waals surface area contributed by atoms with Gasteiger partial charge in [0.2, 0.25) is 11.8 Å². The summed E-state index contributed by atoms with van der Waals surface area (Å²) in [6, 6.07) is 7.87. The molecule has 0 saturated carbocycles. The van der Waals surface area contributed by atoms with Gasteiger partial charge in [0.05, 0.1) is 13.0 Å². The first kappa shape index (κ1) is 15.5. The molecular weight excluding hydrogens is 264 g/mol. The van der Waals surface area contributed by atoms with Gasteiger partial charge in [-0.1, -0.05) is 36.8 Å². The van der Waals surface area contributed by atoms with Gasteiger partial charge in [-0.15, -0.1) is 0 Å². The molecule has 114 valence electrons. The highest BCUT2D eigenvalue weighted by Crippen LogP contribution is 2.15. The minimum atomic E-state index is -0.0995. The number of hydrogen-bond acceptors (Lipinski definition) is 2. The van der Waals surface area contributed by atoms with Crippen molar-refractivity contribution >= 4 is 11.8 Å². The first-order valence-electron chi connectivity index (χ1n) is 7.64. The van der Waals surface area contributed by atoms with Crippen LogP contribution in [-0.4, -0.2) is 36.3 Å². The van der Waals surface area contributed by atoms with Gasteiger partial charge in [0.1, 0.15) is 0 Å². The van der Waals surface area contributed by atoms with Gasteiger partial charge in [-0.2, -0.15) is 0 Å². The van der Waals surface area contributed by atoms with Crippen LogP contribution in [-0.2, 0) is 16.0 Å². The van der Waals surface area contributed by atoms with E-state index >= 15 is 0 Å². The molecule has 1 aromatic rings. The summed E-state index contributed by atoms with van der Waals surface area (Å²) in [5, 5.41) is 2.72. The Balaban J connectivity index is 1.73. The second-order valence-electron chi connectivity index (χ2n) is 6.00. The van der Waals surface area contributed by atoms with E-state index in [1.807, 2.05) is 36.1 Å². The number of amides is 2. The number of nitrogens with zero attached hydrogens (tertiary/aromatic N) is 1. The van der Waals surface area contributed by atoms with Gasteiger partial charge in [0, 0.05) is 13.1 Å². The molecule has 1 aliphatic heterocycles. The maximum Gasteiger partial charge on any atom is 0.241 e. The highest BCUT2D eigenvalue weighted by Gasteiger charge is 2.20. The first-order chi connectivity index (χ1) is 10.0. The van der Waals surface area contributed by atoms with Crippen molar-refractivity contribution in [3.8, 4) is 0 Å². The summed E-state index contributed by atoms with van der Waals surface area (Å²) in [6.07, 6.45) is 2.44. The van der Waals surface area contributed by atoms with Crippen LogP contribution in [0.2, 0.25) is 0 Å². The van der Waals surface area contributed by atoms with Crippen LogP contribution in [0.5, 0.6) is 0 Å². The van der Waals surface area contributed by atoms with E-state index in [0.717, 1.165) is 31.5 Å². The maximum atomic E-state index is 12.0. The molecule has 2 rings (SSSR count). The van der Waals surface area contributed by atoms with E-state index < -0.39 is 0 Å². The molecule has 1 aromatic carbocycles. The lowest BCUT2D eigenvalue weighted by atomic mass is 9.99. The molecule has 1 fully saturated rings. The number of aryl methyl sites for hydroxylation is 1.